The van der Waals surface area contributed by atoms with Crippen LogP contribution < -0.4 is 10.1 Å². The minimum atomic E-state index is 0.158. The van der Waals surface area contributed by atoms with Crippen molar-refractivity contribution in [2.24, 2.45) is 5.41 Å². The second kappa shape index (κ2) is 5.05. The van der Waals surface area contributed by atoms with Crippen molar-refractivity contribution >= 4 is 5.91 Å². The molecule has 1 aromatic heterocycles. The Morgan fingerprint density at radius 2 is 2.35 bits per heavy atom. The largest absolute Gasteiger partial charge is 0.497 e. The average Bonchev–Trinajstić information content (AvgIpc) is 2.96. The highest BCUT2D eigenvalue weighted by Gasteiger charge is 2.43. The maximum Gasteiger partial charge on any atom is 0.220 e. The minimum absolute atomic E-state index is 0.158. The lowest BCUT2D eigenvalue weighted by Gasteiger charge is -2.21. The fourth-order valence-electron chi connectivity index (χ4n) is 3.33. The molecule has 2 saturated heterocycles. The maximum absolute atomic E-state index is 11.4. The normalized spacial score (nSPS) is 26.2. The Balaban J connectivity index is 1.67. The van der Waals surface area contributed by atoms with Crippen molar-refractivity contribution in [3.63, 3.8) is 0 Å². The van der Waals surface area contributed by atoms with Gasteiger partial charge < -0.3 is 10.1 Å². The van der Waals surface area contributed by atoms with Crippen LogP contribution in [0.2, 0.25) is 0 Å². The van der Waals surface area contributed by atoms with Gasteiger partial charge in [-0.1, -0.05) is 0 Å². The molecule has 5 nitrogen and oxygen atoms in total. The summed E-state index contributed by atoms with van der Waals surface area (Å²) in [6, 6.07) is 3.94. The van der Waals surface area contributed by atoms with Crippen LogP contribution in [0.4, 0.5) is 0 Å². The Morgan fingerprint density at radius 1 is 1.50 bits per heavy atom. The predicted molar refractivity (Wildman–Crippen MR) is 75.5 cm³/mol. The first-order valence-corrected chi connectivity index (χ1v) is 7.09. The Labute approximate surface area is 119 Å². The van der Waals surface area contributed by atoms with Crippen LogP contribution in [0.5, 0.6) is 5.75 Å². The number of nitrogens with one attached hydrogen (secondary N) is 1. The van der Waals surface area contributed by atoms with Crippen molar-refractivity contribution in [2.45, 2.75) is 26.3 Å². The topological polar surface area (TPSA) is 54.5 Å². The quantitative estimate of drug-likeness (QED) is 0.898. The number of hydrogen-bond acceptors (Lipinski definition) is 4. The molecule has 20 heavy (non-hydrogen) atoms. The van der Waals surface area contributed by atoms with Crippen LogP contribution in [0.25, 0.3) is 0 Å². The van der Waals surface area contributed by atoms with Crippen LogP contribution in [0.15, 0.2) is 12.1 Å². The minimum Gasteiger partial charge on any atom is -0.497 e. The molecule has 1 atom stereocenters. The number of ether oxygens (including phenoxy) is 1. The second-order valence-electron chi connectivity index (χ2n) is 6.05. The number of rotatable bonds is 3. The zero-order chi connectivity index (χ0) is 14.2. The lowest BCUT2D eigenvalue weighted by Crippen LogP contribution is -2.29. The van der Waals surface area contributed by atoms with Crippen molar-refractivity contribution in [1.29, 1.82) is 0 Å². The molecule has 1 aromatic rings. The summed E-state index contributed by atoms with van der Waals surface area (Å²) >= 11 is 0. The van der Waals surface area contributed by atoms with Crippen LogP contribution in [0.3, 0.4) is 0 Å². The van der Waals surface area contributed by atoms with E-state index in [9.17, 15) is 4.79 Å². The highest BCUT2D eigenvalue weighted by atomic mass is 16.5. The molecule has 0 aliphatic carbocycles. The number of carbonyl (C=O) groups is 1. The molecule has 1 amide bonds. The van der Waals surface area contributed by atoms with Gasteiger partial charge in [-0.3, -0.25) is 14.7 Å². The molecule has 0 bridgehead atoms. The Hall–Kier alpha value is -1.62. The first-order chi connectivity index (χ1) is 9.58. The SMILES string of the molecule is COc1cc(C)nc(CN2CCC3(CNC(=O)C3)C2)c1. The summed E-state index contributed by atoms with van der Waals surface area (Å²) in [4.78, 5) is 18.4. The molecule has 5 heteroatoms. The van der Waals surface area contributed by atoms with Gasteiger partial charge >= 0.3 is 0 Å². The van der Waals surface area contributed by atoms with Gasteiger partial charge in [0.15, 0.2) is 0 Å². The van der Waals surface area contributed by atoms with Crippen LogP contribution in [0.1, 0.15) is 24.2 Å². The smallest absolute Gasteiger partial charge is 0.220 e. The first-order valence-electron chi connectivity index (χ1n) is 7.09. The maximum atomic E-state index is 11.4. The van der Waals surface area contributed by atoms with Crippen LogP contribution in [0, 0.1) is 12.3 Å². The number of likely N-dealkylation sites (tertiary alicyclic amines) is 1. The summed E-state index contributed by atoms with van der Waals surface area (Å²) in [5.74, 6) is 1.06. The summed E-state index contributed by atoms with van der Waals surface area (Å²) in [7, 11) is 1.68. The van der Waals surface area contributed by atoms with E-state index in [1.54, 1.807) is 7.11 Å². The van der Waals surface area contributed by atoms with Crippen LogP contribution in [-0.2, 0) is 11.3 Å². The van der Waals surface area contributed by atoms with Gasteiger partial charge in [-0.05, 0) is 19.9 Å². The van der Waals surface area contributed by atoms with E-state index in [1.165, 1.54) is 0 Å². The molecule has 1 spiro atoms. The predicted octanol–water partition coefficient (Wildman–Crippen LogP) is 1.11. The van der Waals surface area contributed by atoms with Gasteiger partial charge in [-0.15, -0.1) is 0 Å². The van der Waals surface area contributed by atoms with Crippen molar-refractivity contribution in [3.8, 4) is 5.75 Å². The number of pyridine rings is 1. The molecule has 0 radical (unpaired) electrons. The van der Waals surface area contributed by atoms with Crippen molar-refractivity contribution < 1.29 is 9.53 Å². The lowest BCUT2D eigenvalue weighted by molar-refractivity contribution is -0.119. The fourth-order valence-corrected chi connectivity index (χ4v) is 3.33. The Bertz CT molecular complexity index is 532. The summed E-state index contributed by atoms with van der Waals surface area (Å²) in [5.41, 5.74) is 2.17. The molecule has 0 aromatic carbocycles. The average molecular weight is 275 g/mol. The highest BCUT2D eigenvalue weighted by molar-refractivity contribution is 5.79. The molecule has 2 fully saturated rings. The molecule has 3 rings (SSSR count). The zero-order valence-electron chi connectivity index (χ0n) is 12.1. The molecule has 1 unspecified atom stereocenters. The number of hydrogen-bond donors (Lipinski definition) is 1. The van der Waals surface area contributed by atoms with E-state index in [0.717, 1.165) is 49.7 Å². The highest BCUT2D eigenvalue weighted by Crippen LogP contribution is 2.37. The second-order valence-corrected chi connectivity index (χ2v) is 6.05. The van der Waals surface area contributed by atoms with Gasteiger partial charge in [0, 0.05) is 49.3 Å². The molecular formula is C15H21N3O2. The third kappa shape index (κ3) is 2.63. The van der Waals surface area contributed by atoms with Crippen molar-refractivity contribution in [1.82, 2.24) is 15.2 Å². The fraction of sp³-hybridized carbons (Fsp3) is 0.600. The monoisotopic (exact) mass is 275 g/mol. The molecule has 3 heterocycles. The third-order valence-corrected chi connectivity index (χ3v) is 4.31. The van der Waals surface area contributed by atoms with Gasteiger partial charge in [0.2, 0.25) is 5.91 Å². The van der Waals surface area contributed by atoms with Crippen molar-refractivity contribution in [2.75, 3.05) is 26.7 Å². The number of amides is 1. The van der Waals surface area contributed by atoms with E-state index in [2.05, 4.69) is 15.2 Å². The van der Waals surface area contributed by atoms with Crippen LogP contribution in [-0.4, -0.2) is 42.5 Å². The standard InChI is InChI=1S/C15H21N3O2/c1-11-5-13(20-2)6-12(17-11)8-18-4-3-15(10-18)7-14(19)16-9-15/h5-6H,3-4,7-10H2,1-2H3,(H,16,19). The number of carbonyl (C=O) groups excluding carboxylic acids is 1. The van der Waals surface area contributed by atoms with E-state index in [1.807, 2.05) is 19.1 Å². The van der Waals surface area contributed by atoms with Gasteiger partial charge in [0.25, 0.3) is 0 Å². The molecule has 108 valence electrons. The number of methoxy groups -OCH3 is 1. The van der Waals surface area contributed by atoms with E-state index >= 15 is 0 Å². The molecule has 0 saturated carbocycles. The first kappa shape index (κ1) is 13.4. The van der Waals surface area contributed by atoms with Crippen LogP contribution >= 0.6 is 0 Å². The van der Waals surface area contributed by atoms with E-state index in [-0.39, 0.29) is 11.3 Å². The molecule has 2 aliphatic rings. The number of aromatic nitrogens is 1. The summed E-state index contributed by atoms with van der Waals surface area (Å²) in [5, 5.41) is 2.96. The Kier molecular flexibility index (Phi) is 3.38. The van der Waals surface area contributed by atoms with E-state index in [0.29, 0.717) is 6.42 Å². The molecule has 2 aliphatic heterocycles. The number of aryl methyl sites for hydroxylation is 1. The summed E-state index contributed by atoms with van der Waals surface area (Å²) in [6.07, 6.45) is 1.77. The summed E-state index contributed by atoms with van der Waals surface area (Å²) in [6.45, 7) is 5.65. The third-order valence-electron chi connectivity index (χ3n) is 4.31. The van der Waals surface area contributed by atoms with Gasteiger partial charge in [0.1, 0.15) is 5.75 Å². The van der Waals surface area contributed by atoms with Crippen molar-refractivity contribution in [3.05, 3.63) is 23.5 Å². The van der Waals surface area contributed by atoms with Gasteiger partial charge in [-0.25, -0.2) is 0 Å². The lowest BCUT2D eigenvalue weighted by atomic mass is 9.86. The van der Waals surface area contributed by atoms with Gasteiger partial charge in [-0.2, -0.15) is 0 Å². The molecular weight excluding hydrogens is 254 g/mol. The van der Waals surface area contributed by atoms with E-state index in [4.69, 9.17) is 4.74 Å². The van der Waals surface area contributed by atoms with Gasteiger partial charge in [0.05, 0.1) is 12.8 Å². The number of nitrogens with zero attached hydrogens (tertiary/aromatic N) is 2. The Morgan fingerprint density at radius 3 is 3.05 bits per heavy atom. The summed E-state index contributed by atoms with van der Waals surface area (Å²) < 4.78 is 5.29. The zero-order valence-corrected chi connectivity index (χ0v) is 12.1. The van der Waals surface area contributed by atoms with E-state index < -0.39 is 0 Å². The molecule has 1 N–H and O–H groups in total.